The van der Waals surface area contributed by atoms with Crippen molar-refractivity contribution in [1.29, 1.82) is 0 Å². The van der Waals surface area contributed by atoms with Gasteiger partial charge in [0.05, 0.1) is 6.10 Å². The second-order valence-electron chi connectivity index (χ2n) is 4.96. The van der Waals surface area contributed by atoms with E-state index in [0.29, 0.717) is 12.1 Å². The fourth-order valence-corrected chi connectivity index (χ4v) is 2.50. The Hall–Kier alpha value is -0.120. The molecule has 2 atom stereocenters. The Kier molecular flexibility index (Phi) is 7.82. The maximum Gasteiger partial charge on any atom is 0.0587 e. The molecule has 1 saturated heterocycles. The van der Waals surface area contributed by atoms with E-state index in [0.717, 1.165) is 19.6 Å². The Balaban J connectivity index is 2.05. The first-order chi connectivity index (χ1) is 8.30. The monoisotopic (exact) mass is 242 g/mol. The van der Waals surface area contributed by atoms with E-state index in [2.05, 4.69) is 31.0 Å². The molecule has 1 N–H and O–H groups in total. The third kappa shape index (κ3) is 5.84. The van der Waals surface area contributed by atoms with Gasteiger partial charge in [0.15, 0.2) is 0 Å². The lowest BCUT2D eigenvalue weighted by Crippen LogP contribution is -2.40. The van der Waals surface area contributed by atoms with Crippen LogP contribution < -0.4 is 5.32 Å². The zero-order valence-corrected chi connectivity index (χ0v) is 11.9. The van der Waals surface area contributed by atoms with Crippen LogP contribution in [0.15, 0.2) is 0 Å². The van der Waals surface area contributed by atoms with Crippen molar-refractivity contribution in [3.05, 3.63) is 0 Å². The number of hydrogen-bond acceptors (Lipinski definition) is 3. The molecule has 0 aliphatic carbocycles. The molecule has 1 aliphatic rings. The van der Waals surface area contributed by atoms with Crippen molar-refractivity contribution in [3.63, 3.8) is 0 Å². The second kappa shape index (κ2) is 8.90. The van der Waals surface area contributed by atoms with Crippen LogP contribution in [0.25, 0.3) is 0 Å². The average Bonchev–Trinajstić information content (AvgIpc) is 2.39. The molecule has 3 nitrogen and oxygen atoms in total. The molecule has 0 aromatic heterocycles. The summed E-state index contributed by atoms with van der Waals surface area (Å²) in [7, 11) is 0. The third-order valence-electron chi connectivity index (χ3n) is 3.80. The van der Waals surface area contributed by atoms with Crippen LogP contribution in [0.4, 0.5) is 0 Å². The Morgan fingerprint density at radius 1 is 1.24 bits per heavy atom. The lowest BCUT2D eigenvalue weighted by atomic mass is 10.0. The normalized spacial score (nSPS) is 25.4. The van der Waals surface area contributed by atoms with Gasteiger partial charge in [0.1, 0.15) is 0 Å². The molecule has 0 spiro atoms. The van der Waals surface area contributed by atoms with Crippen LogP contribution in [0.2, 0.25) is 0 Å². The minimum atomic E-state index is 0.490. The van der Waals surface area contributed by atoms with Crippen molar-refractivity contribution >= 4 is 0 Å². The first kappa shape index (κ1) is 14.9. The van der Waals surface area contributed by atoms with Gasteiger partial charge < -0.3 is 15.0 Å². The molecule has 0 saturated carbocycles. The van der Waals surface area contributed by atoms with Gasteiger partial charge in [0, 0.05) is 12.6 Å². The van der Waals surface area contributed by atoms with Crippen LogP contribution in [-0.4, -0.2) is 49.8 Å². The Morgan fingerprint density at radius 2 is 2.00 bits per heavy atom. The van der Waals surface area contributed by atoms with Gasteiger partial charge in [-0.3, -0.25) is 0 Å². The van der Waals surface area contributed by atoms with E-state index < -0.39 is 0 Å². The highest BCUT2D eigenvalue weighted by molar-refractivity contribution is 4.76. The molecule has 0 bridgehead atoms. The molecule has 1 fully saturated rings. The number of nitrogens with zero attached hydrogens (tertiary/aromatic N) is 1. The van der Waals surface area contributed by atoms with Crippen LogP contribution in [0.1, 0.15) is 46.5 Å². The van der Waals surface area contributed by atoms with Crippen LogP contribution in [0.5, 0.6) is 0 Å². The zero-order chi connectivity index (χ0) is 12.5. The summed E-state index contributed by atoms with van der Waals surface area (Å²) in [6, 6.07) is 0.686. The first-order valence-electron chi connectivity index (χ1n) is 7.37. The number of nitrogens with one attached hydrogen (secondary N) is 1. The second-order valence-corrected chi connectivity index (χ2v) is 4.96. The number of ether oxygens (including phenoxy) is 1. The van der Waals surface area contributed by atoms with Gasteiger partial charge in [0.2, 0.25) is 0 Å². The quantitative estimate of drug-likeness (QED) is 0.661. The van der Waals surface area contributed by atoms with Crippen LogP contribution in [0, 0.1) is 0 Å². The molecule has 1 heterocycles. The molecular weight excluding hydrogens is 212 g/mol. The minimum absolute atomic E-state index is 0.490. The topological polar surface area (TPSA) is 24.5 Å². The fraction of sp³-hybridized carbons (Fsp3) is 1.00. The molecule has 2 unspecified atom stereocenters. The molecule has 17 heavy (non-hydrogen) atoms. The summed E-state index contributed by atoms with van der Waals surface area (Å²) < 4.78 is 5.69. The molecule has 3 heteroatoms. The molecular formula is C14H30N2O. The largest absolute Gasteiger partial charge is 0.378 e. The summed E-state index contributed by atoms with van der Waals surface area (Å²) in [4.78, 5) is 2.49. The van der Waals surface area contributed by atoms with Crippen molar-refractivity contribution in [2.75, 3.05) is 32.8 Å². The molecule has 1 aliphatic heterocycles. The Bertz CT molecular complexity index is 183. The van der Waals surface area contributed by atoms with E-state index in [-0.39, 0.29) is 0 Å². The smallest absolute Gasteiger partial charge is 0.0587 e. The summed E-state index contributed by atoms with van der Waals surface area (Å²) in [5, 5.41) is 3.68. The van der Waals surface area contributed by atoms with Crippen molar-refractivity contribution in [2.24, 2.45) is 0 Å². The van der Waals surface area contributed by atoms with Crippen molar-refractivity contribution < 1.29 is 4.74 Å². The highest BCUT2D eigenvalue weighted by atomic mass is 16.5. The summed E-state index contributed by atoms with van der Waals surface area (Å²) in [6.45, 7) is 12.3. The van der Waals surface area contributed by atoms with Gasteiger partial charge in [0.25, 0.3) is 0 Å². The SMILES string of the molecule is CCC1CC(NCCCN(CC)CC)CCO1. The van der Waals surface area contributed by atoms with E-state index >= 15 is 0 Å². The highest BCUT2D eigenvalue weighted by Gasteiger charge is 2.20. The maximum absolute atomic E-state index is 5.69. The summed E-state index contributed by atoms with van der Waals surface area (Å²) in [5.74, 6) is 0. The van der Waals surface area contributed by atoms with Crippen molar-refractivity contribution in [2.45, 2.75) is 58.6 Å². The van der Waals surface area contributed by atoms with Crippen molar-refractivity contribution in [3.8, 4) is 0 Å². The van der Waals surface area contributed by atoms with E-state index in [1.54, 1.807) is 0 Å². The minimum Gasteiger partial charge on any atom is -0.378 e. The average molecular weight is 242 g/mol. The summed E-state index contributed by atoms with van der Waals surface area (Å²) in [5.41, 5.74) is 0. The molecule has 102 valence electrons. The van der Waals surface area contributed by atoms with Gasteiger partial charge in [-0.2, -0.15) is 0 Å². The van der Waals surface area contributed by atoms with Gasteiger partial charge in [-0.15, -0.1) is 0 Å². The maximum atomic E-state index is 5.69. The summed E-state index contributed by atoms with van der Waals surface area (Å²) >= 11 is 0. The van der Waals surface area contributed by atoms with Gasteiger partial charge >= 0.3 is 0 Å². The Labute approximate surface area is 107 Å². The van der Waals surface area contributed by atoms with Crippen molar-refractivity contribution in [1.82, 2.24) is 10.2 Å². The van der Waals surface area contributed by atoms with E-state index in [1.807, 2.05) is 0 Å². The van der Waals surface area contributed by atoms with E-state index in [4.69, 9.17) is 4.74 Å². The van der Waals surface area contributed by atoms with E-state index in [1.165, 1.54) is 38.9 Å². The lowest BCUT2D eigenvalue weighted by molar-refractivity contribution is -0.0000623. The molecule has 0 aromatic carbocycles. The highest BCUT2D eigenvalue weighted by Crippen LogP contribution is 2.16. The molecule has 1 rings (SSSR count). The fourth-order valence-electron chi connectivity index (χ4n) is 2.50. The summed E-state index contributed by atoms with van der Waals surface area (Å²) in [6.07, 6.45) is 5.28. The van der Waals surface area contributed by atoms with Gasteiger partial charge in [-0.25, -0.2) is 0 Å². The first-order valence-corrected chi connectivity index (χ1v) is 7.37. The third-order valence-corrected chi connectivity index (χ3v) is 3.80. The molecule has 0 radical (unpaired) electrons. The van der Waals surface area contributed by atoms with E-state index in [9.17, 15) is 0 Å². The van der Waals surface area contributed by atoms with Crippen LogP contribution in [0.3, 0.4) is 0 Å². The number of rotatable bonds is 8. The standard InChI is InChI=1S/C14H30N2O/c1-4-14-12-13(8-11-17-14)15-9-7-10-16(5-2)6-3/h13-15H,4-12H2,1-3H3. The Morgan fingerprint density at radius 3 is 2.65 bits per heavy atom. The zero-order valence-electron chi connectivity index (χ0n) is 11.9. The molecule has 0 aromatic rings. The van der Waals surface area contributed by atoms with Gasteiger partial charge in [-0.1, -0.05) is 20.8 Å². The van der Waals surface area contributed by atoms with Crippen LogP contribution >= 0.6 is 0 Å². The van der Waals surface area contributed by atoms with Crippen LogP contribution in [-0.2, 0) is 4.74 Å². The predicted octanol–water partition coefficient (Wildman–Crippen LogP) is 2.27. The lowest BCUT2D eigenvalue weighted by Gasteiger charge is -2.30. The number of hydrogen-bond donors (Lipinski definition) is 1. The predicted molar refractivity (Wildman–Crippen MR) is 73.5 cm³/mol. The molecule has 0 amide bonds. The van der Waals surface area contributed by atoms with Gasteiger partial charge in [-0.05, 0) is 51.9 Å².